The van der Waals surface area contributed by atoms with E-state index >= 15 is 0 Å². The van der Waals surface area contributed by atoms with Crippen LogP contribution < -0.4 is 10.6 Å². The van der Waals surface area contributed by atoms with Gasteiger partial charge in [0.2, 0.25) is 0 Å². The van der Waals surface area contributed by atoms with Gasteiger partial charge in [0.1, 0.15) is 11.6 Å². The summed E-state index contributed by atoms with van der Waals surface area (Å²) < 4.78 is 13.6. The van der Waals surface area contributed by atoms with Crippen LogP contribution in [-0.2, 0) is 0 Å². The summed E-state index contributed by atoms with van der Waals surface area (Å²) in [6.07, 6.45) is 2.18. The molecule has 1 aliphatic heterocycles. The Morgan fingerprint density at radius 3 is 2.58 bits per heavy atom. The number of halogens is 1. The normalized spacial score (nSPS) is 16.0. The third-order valence-corrected chi connectivity index (χ3v) is 4.68. The fourth-order valence-electron chi connectivity index (χ4n) is 3.06. The topological polar surface area (TPSA) is 55.0 Å². The van der Waals surface area contributed by atoms with Crippen LogP contribution in [0.4, 0.5) is 10.2 Å². The molecule has 1 aromatic heterocycles. The molecule has 0 radical (unpaired) electrons. The summed E-state index contributed by atoms with van der Waals surface area (Å²) in [5, 5.41) is 0. The fraction of sp³-hybridized carbons (Fsp3) is 0.474. The van der Waals surface area contributed by atoms with Crippen molar-refractivity contribution in [3.63, 3.8) is 0 Å². The van der Waals surface area contributed by atoms with Gasteiger partial charge in [0.05, 0.1) is 0 Å². The second-order valence-electron chi connectivity index (χ2n) is 6.81. The lowest BCUT2D eigenvalue weighted by molar-refractivity contribution is 0.413. The Kier molecular flexibility index (Phi) is 5.09. The maximum absolute atomic E-state index is 13.6. The van der Waals surface area contributed by atoms with Crippen molar-refractivity contribution in [2.45, 2.75) is 32.6 Å². The Hall–Kier alpha value is -2.01. The average Bonchev–Trinajstić information content (AvgIpc) is 2.61. The molecule has 24 heavy (non-hydrogen) atoms. The lowest BCUT2D eigenvalue weighted by Gasteiger charge is -2.32. The van der Waals surface area contributed by atoms with E-state index in [-0.39, 0.29) is 5.82 Å². The minimum atomic E-state index is -0.267. The Balaban J connectivity index is 1.95. The van der Waals surface area contributed by atoms with Crippen LogP contribution in [0.2, 0.25) is 0 Å². The lowest BCUT2D eigenvalue weighted by Crippen LogP contribution is -2.36. The summed E-state index contributed by atoms with van der Waals surface area (Å²) in [4.78, 5) is 11.7. The number of aromatic nitrogens is 2. The second-order valence-corrected chi connectivity index (χ2v) is 6.81. The summed E-state index contributed by atoms with van der Waals surface area (Å²) in [5.41, 5.74) is 7.49. The van der Waals surface area contributed by atoms with Gasteiger partial charge in [-0.05, 0) is 43.4 Å². The van der Waals surface area contributed by atoms with E-state index in [2.05, 4.69) is 29.8 Å². The Morgan fingerprint density at radius 2 is 1.96 bits per heavy atom. The van der Waals surface area contributed by atoms with E-state index in [1.165, 1.54) is 12.1 Å². The van der Waals surface area contributed by atoms with E-state index in [1.807, 2.05) is 6.07 Å². The van der Waals surface area contributed by atoms with Crippen LogP contribution >= 0.6 is 0 Å². The molecule has 0 saturated carbocycles. The summed E-state index contributed by atoms with van der Waals surface area (Å²) in [5.74, 6) is 2.16. The first-order valence-electron chi connectivity index (χ1n) is 8.66. The maximum Gasteiger partial charge on any atom is 0.161 e. The molecule has 2 aromatic rings. The zero-order valence-electron chi connectivity index (χ0n) is 14.4. The lowest BCUT2D eigenvalue weighted by atomic mass is 9.97. The summed E-state index contributed by atoms with van der Waals surface area (Å²) in [7, 11) is 0. The molecule has 0 aliphatic carbocycles. The molecule has 2 heterocycles. The van der Waals surface area contributed by atoms with Gasteiger partial charge < -0.3 is 10.6 Å². The van der Waals surface area contributed by atoms with Gasteiger partial charge in [0, 0.05) is 30.4 Å². The zero-order chi connectivity index (χ0) is 17.1. The summed E-state index contributed by atoms with van der Waals surface area (Å²) in [6.45, 7) is 6.89. The first-order valence-corrected chi connectivity index (χ1v) is 8.66. The van der Waals surface area contributed by atoms with Gasteiger partial charge >= 0.3 is 0 Å². The monoisotopic (exact) mass is 328 g/mol. The SMILES string of the molecule is CC(C)c1cc(N2CCC(CN)CC2)nc(-c2cccc(F)c2)n1. The van der Waals surface area contributed by atoms with Crippen molar-refractivity contribution >= 4 is 5.82 Å². The highest BCUT2D eigenvalue weighted by molar-refractivity contribution is 5.58. The standard InChI is InChI=1S/C19H25FN4/c1-13(2)17-11-18(24-8-6-14(12-21)7-9-24)23-19(22-17)15-4-3-5-16(20)10-15/h3-5,10-11,13-14H,6-9,12,21H2,1-2H3. The Labute approximate surface area is 142 Å². The third-order valence-electron chi connectivity index (χ3n) is 4.68. The van der Waals surface area contributed by atoms with Gasteiger partial charge in [0.25, 0.3) is 0 Å². The van der Waals surface area contributed by atoms with Crippen molar-refractivity contribution in [2.75, 3.05) is 24.5 Å². The quantitative estimate of drug-likeness (QED) is 0.932. The van der Waals surface area contributed by atoms with E-state index in [0.717, 1.165) is 49.6 Å². The number of benzene rings is 1. The highest BCUT2D eigenvalue weighted by atomic mass is 19.1. The van der Waals surface area contributed by atoms with Crippen molar-refractivity contribution < 1.29 is 4.39 Å². The first kappa shape index (κ1) is 16.8. The molecule has 0 unspecified atom stereocenters. The molecule has 0 amide bonds. The molecule has 4 nitrogen and oxygen atoms in total. The van der Waals surface area contributed by atoms with Gasteiger partial charge in [-0.2, -0.15) is 0 Å². The predicted octanol–water partition coefficient (Wildman–Crippen LogP) is 3.58. The van der Waals surface area contributed by atoms with Crippen LogP contribution in [0.1, 0.15) is 38.3 Å². The molecule has 1 fully saturated rings. The van der Waals surface area contributed by atoms with Crippen LogP contribution in [-0.4, -0.2) is 29.6 Å². The highest BCUT2D eigenvalue weighted by Crippen LogP contribution is 2.27. The predicted molar refractivity (Wildman–Crippen MR) is 95.5 cm³/mol. The van der Waals surface area contributed by atoms with Gasteiger partial charge in [0.15, 0.2) is 5.82 Å². The molecule has 0 atom stereocenters. The molecular weight excluding hydrogens is 303 g/mol. The maximum atomic E-state index is 13.6. The van der Waals surface area contributed by atoms with Crippen LogP contribution in [0.3, 0.4) is 0 Å². The number of nitrogens with two attached hydrogens (primary N) is 1. The molecular formula is C19H25FN4. The van der Waals surface area contributed by atoms with Gasteiger partial charge in [-0.15, -0.1) is 0 Å². The number of rotatable bonds is 4. The largest absolute Gasteiger partial charge is 0.356 e. The van der Waals surface area contributed by atoms with Gasteiger partial charge in [-0.3, -0.25) is 0 Å². The fourth-order valence-corrected chi connectivity index (χ4v) is 3.06. The van der Waals surface area contributed by atoms with Crippen molar-refractivity contribution in [1.82, 2.24) is 9.97 Å². The summed E-state index contributed by atoms with van der Waals surface area (Å²) in [6, 6.07) is 8.55. The average molecular weight is 328 g/mol. The van der Waals surface area contributed by atoms with Crippen LogP contribution in [0, 0.1) is 11.7 Å². The molecule has 1 aromatic carbocycles. The smallest absolute Gasteiger partial charge is 0.161 e. The van der Waals surface area contributed by atoms with E-state index in [4.69, 9.17) is 10.7 Å². The number of hydrogen-bond donors (Lipinski definition) is 1. The molecule has 2 N–H and O–H groups in total. The van der Waals surface area contributed by atoms with Gasteiger partial charge in [-0.25, -0.2) is 14.4 Å². The number of nitrogens with zero attached hydrogens (tertiary/aromatic N) is 3. The molecule has 1 aliphatic rings. The second kappa shape index (κ2) is 7.26. The molecule has 5 heteroatoms. The van der Waals surface area contributed by atoms with E-state index in [9.17, 15) is 4.39 Å². The van der Waals surface area contributed by atoms with E-state index in [0.29, 0.717) is 17.7 Å². The molecule has 3 rings (SSSR count). The van der Waals surface area contributed by atoms with Crippen LogP contribution in [0.25, 0.3) is 11.4 Å². The van der Waals surface area contributed by atoms with Gasteiger partial charge in [-0.1, -0.05) is 26.0 Å². The minimum Gasteiger partial charge on any atom is -0.356 e. The van der Waals surface area contributed by atoms with Crippen LogP contribution in [0.5, 0.6) is 0 Å². The highest BCUT2D eigenvalue weighted by Gasteiger charge is 2.21. The van der Waals surface area contributed by atoms with E-state index in [1.54, 1.807) is 6.07 Å². The van der Waals surface area contributed by atoms with Crippen LogP contribution in [0.15, 0.2) is 30.3 Å². The van der Waals surface area contributed by atoms with Crippen molar-refractivity contribution in [1.29, 1.82) is 0 Å². The van der Waals surface area contributed by atoms with Crippen molar-refractivity contribution in [2.24, 2.45) is 11.7 Å². The molecule has 1 saturated heterocycles. The Morgan fingerprint density at radius 1 is 1.21 bits per heavy atom. The van der Waals surface area contributed by atoms with Crippen molar-refractivity contribution in [3.8, 4) is 11.4 Å². The number of piperidine rings is 1. The minimum absolute atomic E-state index is 0.267. The van der Waals surface area contributed by atoms with Crippen molar-refractivity contribution in [3.05, 3.63) is 41.8 Å². The molecule has 0 bridgehead atoms. The third kappa shape index (κ3) is 3.73. The molecule has 0 spiro atoms. The zero-order valence-corrected chi connectivity index (χ0v) is 14.4. The first-order chi connectivity index (χ1) is 11.6. The number of hydrogen-bond acceptors (Lipinski definition) is 4. The Bertz CT molecular complexity index is 694. The summed E-state index contributed by atoms with van der Waals surface area (Å²) >= 11 is 0. The molecule has 128 valence electrons. The van der Waals surface area contributed by atoms with E-state index < -0.39 is 0 Å². The number of anilines is 1.